The van der Waals surface area contributed by atoms with Gasteiger partial charge >= 0.3 is 6.09 Å². The van der Waals surface area contributed by atoms with Gasteiger partial charge in [-0.05, 0) is 0 Å². The smallest absolute Gasteiger partial charge is 0.409 e. The lowest BCUT2D eigenvalue weighted by Crippen LogP contribution is -2.09. The fourth-order valence-corrected chi connectivity index (χ4v) is 1.44. The number of aromatic nitrogens is 2. The molecule has 0 spiro atoms. The van der Waals surface area contributed by atoms with Crippen molar-refractivity contribution in [1.29, 1.82) is 0 Å². The van der Waals surface area contributed by atoms with E-state index in [4.69, 9.17) is 21.4 Å². The van der Waals surface area contributed by atoms with Crippen LogP contribution >= 0.6 is 11.6 Å². The summed E-state index contributed by atoms with van der Waals surface area (Å²) in [6, 6.07) is 2.56. The molecule has 1 amide bonds. The van der Waals surface area contributed by atoms with E-state index >= 15 is 0 Å². The van der Waals surface area contributed by atoms with Gasteiger partial charge in [-0.3, -0.25) is 5.32 Å². The molecule has 1 aromatic carbocycles. The minimum atomic E-state index is -1.51. The summed E-state index contributed by atoms with van der Waals surface area (Å²) in [6.45, 7) is 0. The predicted octanol–water partition coefficient (Wildman–Crippen LogP) is 3.29. The van der Waals surface area contributed by atoms with Crippen molar-refractivity contribution >= 4 is 23.4 Å². The molecule has 2 N–H and O–H groups in total. The third kappa shape index (κ3) is 3.29. The lowest BCUT2D eigenvalue weighted by atomic mass is 10.2. The van der Waals surface area contributed by atoms with Crippen molar-refractivity contribution in [2.75, 3.05) is 5.32 Å². The Morgan fingerprint density at radius 2 is 2.00 bits per heavy atom. The van der Waals surface area contributed by atoms with Crippen molar-refractivity contribution in [1.82, 2.24) is 9.97 Å². The number of nitrogens with one attached hydrogen (secondary N) is 1. The first-order chi connectivity index (χ1) is 9.45. The lowest BCUT2D eigenvalue weighted by Gasteiger charge is -2.08. The maximum Gasteiger partial charge on any atom is 0.409 e. The Morgan fingerprint density at radius 1 is 1.25 bits per heavy atom. The second kappa shape index (κ2) is 5.66. The van der Waals surface area contributed by atoms with Gasteiger partial charge in [-0.1, -0.05) is 11.6 Å². The molecule has 0 aliphatic carbocycles. The molecular weight excluding hydrogens is 296 g/mol. The summed E-state index contributed by atoms with van der Waals surface area (Å²) in [5, 5.41) is 10.2. The molecule has 9 heteroatoms. The minimum Gasteiger partial charge on any atom is -0.465 e. The van der Waals surface area contributed by atoms with Crippen molar-refractivity contribution in [3.8, 4) is 11.6 Å². The van der Waals surface area contributed by atoms with Gasteiger partial charge in [0.25, 0.3) is 0 Å². The monoisotopic (exact) mass is 301 g/mol. The van der Waals surface area contributed by atoms with E-state index in [-0.39, 0.29) is 11.0 Å². The first-order valence-corrected chi connectivity index (χ1v) is 5.48. The largest absolute Gasteiger partial charge is 0.465 e. The van der Waals surface area contributed by atoms with Gasteiger partial charge in [0.1, 0.15) is 11.5 Å². The number of nitrogens with zero attached hydrogens (tertiary/aromatic N) is 2. The quantitative estimate of drug-likeness (QED) is 0.850. The zero-order valence-electron chi connectivity index (χ0n) is 9.60. The number of halogens is 3. The summed E-state index contributed by atoms with van der Waals surface area (Å²) in [5.41, 5.74) is -0.525. The summed E-state index contributed by atoms with van der Waals surface area (Å²) in [5.74, 6) is -2.51. The van der Waals surface area contributed by atoms with E-state index in [0.717, 1.165) is 6.33 Å². The van der Waals surface area contributed by atoms with Crippen LogP contribution < -0.4 is 10.1 Å². The average molecular weight is 302 g/mol. The van der Waals surface area contributed by atoms with Gasteiger partial charge in [-0.2, -0.15) is 0 Å². The fraction of sp³-hybridized carbons (Fsp3) is 0. The summed E-state index contributed by atoms with van der Waals surface area (Å²) in [6.07, 6.45) is -0.425. The molecule has 0 fully saturated rings. The van der Waals surface area contributed by atoms with Crippen LogP contribution in [0, 0.1) is 11.6 Å². The Labute approximate surface area is 116 Å². The highest BCUT2D eigenvalue weighted by Crippen LogP contribution is 2.28. The molecule has 0 aliphatic heterocycles. The van der Waals surface area contributed by atoms with Crippen LogP contribution in [0.1, 0.15) is 0 Å². The topological polar surface area (TPSA) is 84.3 Å². The van der Waals surface area contributed by atoms with Crippen molar-refractivity contribution in [2.45, 2.75) is 0 Å². The third-order valence-electron chi connectivity index (χ3n) is 2.09. The van der Waals surface area contributed by atoms with Crippen LogP contribution in [0.25, 0.3) is 0 Å². The van der Waals surface area contributed by atoms with Crippen molar-refractivity contribution < 1.29 is 23.4 Å². The van der Waals surface area contributed by atoms with Crippen molar-refractivity contribution in [3.63, 3.8) is 0 Å². The van der Waals surface area contributed by atoms with Crippen LogP contribution in [0.2, 0.25) is 5.15 Å². The van der Waals surface area contributed by atoms with Crippen LogP contribution in [0.4, 0.5) is 19.3 Å². The number of hydrogen-bond acceptors (Lipinski definition) is 4. The van der Waals surface area contributed by atoms with E-state index < -0.39 is 29.2 Å². The molecule has 6 nitrogen and oxygen atoms in total. The zero-order chi connectivity index (χ0) is 14.7. The molecule has 0 saturated carbocycles. The fourth-order valence-electron chi connectivity index (χ4n) is 1.30. The van der Waals surface area contributed by atoms with Gasteiger partial charge in [-0.25, -0.2) is 23.5 Å². The normalized spacial score (nSPS) is 10.2. The molecule has 1 aromatic heterocycles. The van der Waals surface area contributed by atoms with Crippen LogP contribution in [0.5, 0.6) is 11.6 Å². The Hall–Kier alpha value is -2.48. The summed E-state index contributed by atoms with van der Waals surface area (Å²) >= 11 is 5.59. The predicted molar refractivity (Wildman–Crippen MR) is 65.1 cm³/mol. The van der Waals surface area contributed by atoms with Crippen LogP contribution in [0.3, 0.4) is 0 Å². The van der Waals surface area contributed by atoms with Gasteiger partial charge < -0.3 is 9.84 Å². The Bertz CT molecular complexity index is 669. The zero-order valence-corrected chi connectivity index (χ0v) is 10.4. The van der Waals surface area contributed by atoms with Gasteiger partial charge in [0.2, 0.25) is 5.88 Å². The average Bonchev–Trinajstić information content (AvgIpc) is 2.35. The molecule has 2 rings (SSSR count). The van der Waals surface area contributed by atoms with Crippen LogP contribution in [-0.2, 0) is 0 Å². The molecule has 0 aliphatic rings. The highest BCUT2D eigenvalue weighted by atomic mass is 35.5. The summed E-state index contributed by atoms with van der Waals surface area (Å²) < 4.78 is 32.2. The molecule has 1 heterocycles. The van der Waals surface area contributed by atoms with Gasteiger partial charge in [-0.15, -0.1) is 0 Å². The number of hydrogen-bond donors (Lipinski definition) is 2. The maximum atomic E-state index is 13.7. The van der Waals surface area contributed by atoms with Crippen molar-refractivity contribution in [3.05, 3.63) is 41.3 Å². The van der Waals surface area contributed by atoms with E-state index in [2.05, 4.69) is 9.97 Å². The molecule has 0 bridgehead atoms. The lowest BCUT2D eigenvalue weighted by molar-refractivity contribution is 0.209. The third-order valence-corrected chi connectivity index (χ3v) is 2.29. The number of carbonyl (C=O) groups is 1. The van der Waals surface area contributed by atoms with E-state index in [1.807, 2.05) is 0 Å². The molecule has 0 radical (unpaired) electrons. The number of benzene rings is 1. The second-order valence-electron chi connectivity index (χ2n) is 3.47. The number of carboxylic acid groups (broad SMARTS) is 1. The van der Waals surface area contributed by atoms with E-state index in [1.54, 1.807) is 5.32 Å². The van der Waals surface area contributed by atoms with E-state index in [1.165, 1.54) is 6.07 Å². The van der Waals surface area contributed by atoms with Gasteiger partial charge in [0, 0.05) is 18.2 Å². The van der Waals surface area contributed by atoms with Gasteiger partial charge in [0.05, 0.1) is 5.69 Å². The SMILES string of the molecule is O=C(O)Nc1cc(F)c(Oc2cc(Cl)ncn2)cc1F. The molecule has 0 atom stereocenters. The molecular formula is C11H6ClF2N3O3. The number of amides is 1. The first kappa shape index (κ1) is 13.9. The molecule has 0 saturated heterocycles. The van der Waals surface area contributed by atoms with Crippen LogP contribution in [-0.4, -0.2) is 21.2 Å². The number of ether oxygens (including phenoxy) is 1. The Balaban J connectivity index is 2.29. The van der Waals surface area contributed by atoms with Crippen molar-refractivity contribution in [2.24, 2.45) is 0 Å². The Morgan fingerprint density at radius 3 is 2.65 bits per heavy atom. The highest BCUT2D eigenvalue weighted by Gasteiger charge is 2.14. The molecule has 20 heavy (non-hydrogen) atoms. The molecule has 2 aromatic rings. The first-order valence-electron chi connectivity index (χ1n) is 5.10. The molecule has 0 unspecified atom stereocenters. The number of rotatable bonds is 3. The standard InChI is InChI=1S/C11H6ClF2N3O3/c12-9-3-10(16-4-15-9)20-8-2-5(13)7(1-6(8)14)17-11(18)19/h1-4,17H,(H,18,19). The maximum absolute atomic E-state index is 13.7. The summed E-state index contributed by atoms with van der Waals surface area (Å²) in [7, 11) is 0. The Kier molecular flexibility index (Phi) is 3.94. The second-order valence-corrected chi connectivity index (χ2v) is 3.86. The van der Waals surface area contributed by atoms with Gasteiger partial charge in [0.15, 0.2) is 17.4 Å². The van der Waals surface area contributed by atoms with E-state index in [9.17, 15) is 13.6 Å². The number of anilines is 1. The minimum absolute atomic E-state index is 0.0695. The highest BCUT2D eigenvalue weighted by molar-refractivity contribution is 6.29. The van der Waals surface area contributed by atoms with E-state index in [0.29, 0.717) is 12.1 Å². The van der Waals surface area contributed by atoms with Crippen LogP contribution in [0.15, 0.2) is 24.5 Å². The molecule has 104 valence electrons. The summed E-state index contributed by atoms with van der Waals surface area (Å²) in [4.78, 5) is 17.6.